The minimum absolute atomic E-state index is 0.000247. The van der Waals surface area contributed by atoms with E-state index in [-0.39, 0.29) is 18.5 Å². The van der Waals surface area contributed by atoms with Crippen molar-refractivity contribution in [2.45, 2.75) is 411 Å². The van der Waals surface area contributed by atoms with Crippen molar-refractivity contribution in [2.24, 2.45) is 0 Å². The van der Waals surface area contributed by atoms with Crippen LogP contribution in [0.2, 0.25) is 0 Å². The third kappa shape index (κ3) is 65.2. The van der Waals surface area contributed by atoms with Crippen LogP contribution in [0.4, 0.5) is 0 Å². The number of amides is 1. The Morgan fingerprint density at radius 3 is 1.00 bits per heavy atom. The van der Waals surface area contributed by atoms with E-state index < -0.39 is 12.1 Å². The summed E-state index contributed by atoms with van der Waals surface area (Å²) in [6.07, 6.45) is 89.1. The maximum absolute atomic E-state index is 12.6. The van der Waals surface area contributed by atoms with Gasteiger partial charge in [0.1, 0.15) is 0 Å². The van der Waals surface area contributed by atoms with Crippen LogP contribution in [0.3, 0.4) is 0 Å². The third-order valence-electron chi connectivity index (χ3n) is 16.9. The summed E-state index contributed by atoms with van der Waals surface area (Å²) in [4.78, 5) is 24.6. The lowest BCUT2D eigenvalue weighted by Crippen LogP contribution is -2.45. The molecule has 0 heterocycles. The molecule has 0 aliphatic rings. The van der Waals surface area contributed by atoms with E-state index in [1.165, 1.54) is 315 Å². The van der Waals surface area contributed by atoms with Gasteiger partial charge in [0.25, 0.3) is 0 Å². The van der Waals surface area contributed by atoms with Gasteiger partial charge in [-0.3, -0.25) is 9.59 Å². The van der Waals surface area contributed by atoms with E-state index in [1.807, 2.05) is 0 Å². The second-order valence-electron chi connectivity index (χ2n) is 24.9. The number of esters is 1. The summed E-state index contributed by atoms with van der Waals surface area (Å²) in [5.74, 6) is -0.0323. The molecule has 6 heteroatoms. The molecule has 472 valence electrons. The summed E-state index contributed by atoms with van der Waals surface area (Å²) in [6, 6.07) is -0.545. The monoisotopic (exact) mass is 1120 g/mol. The van der Waals surface area contributed by atoms with Crippen LogP contribution in [0.15, 0.2) is 36.5 Å². The van der Waals surface area contributed by atoms with E-state index in [0.717, 1.165) is 51.4 Å². The Balaban J connectivity index is 3.40. The third-order valence-corrected chi connectivity index (χ3v) is 16.9. The maximum Gasteiger partial charge on any atom is 0.305 e. The van der Waals surface area contributed by atoms with E-state index >= 15 is 0 Å². The number of aliphatic hydroxyl groups excluding tert-OH is 2. The Hall–Kier alpha value is -1.92. The molecule has 6 nitrogen and oxygen atoms in total. The second-order valence-corrected chi connectivity index (χ2v) is 24.9. The molecule has 0 radical (unpaired) electrons. The molecule has 2 atom stereocenters. The van der Waals surface area contributed by atoms with Crippen LogP contribution in [0.25, 0.3) is 0 Å². The highest BCUT2D eigenvalue weighted by molar-refractivity contribution is 5.76. The molecule has 2 unspecified atom stereocenters. The Kier molecular flexibility index (Phi) is 67.9. The highest BCUT2D eigenvalue weighted by Crippen LogP contribution is 2.19. The summed E-state index contributed by atoms with van der Waals surface area (Å²) >= 11 is 0. The van der Waals surface area contributed by atoms with Crippen LogP contribution in [-0.2, 0) is 14.3 Å². The highest BCUT2D eigenvalue weighted by Gasteiger charge is 2.20. The van der Waals surface area contributed by atoms with Gasteiger partial charge in [-0.05, 0) is 77.0 Å². The average molecular weight is 1120 g/mol. The first kappa shape index (κ1) is 78.1. The van der Waals surface area contributed by atoms with E-state index in [9.17, 15) is 19.8 Å². The first-order valence-corrected chi connectivity index (χ1v) is 36.2. The zero-order valence-electron chi connectivity index (χ0n) is 54.1. The van der Waals surface area contributed by atoms with Crippen LogP contribution in [-0.4, -0.2) is 47.4 Å². The lowest BCUT2D eigenvalue weighted by atomic mass is 10.0. The van der Waals surface area contributed by atoms with Crippen molar-refractivity contribution >= 4 is 11.9 Å². The molecular formula is C74H141NO5. The molecule has 1 amide bonds. The van der Waals surface area contributed by atoms with Gasteiger partial charge in [-0.2, -0.15) is 0 Å². The summed E-state index contributed by atoms with van der Waals surface area (Å²) in [6.45, 7) is 4.94. The zero-order chi connectivity index (χ0) is 57.8. The molecule has 0 aromatic heterocycles. The molecule has 0 aliphatic carbocycles. The molecular weight excluding hydrogens is 983 g/mol. The minimum atomic E-state index is -0.667. The number of ether oxygens (including phenoxy) is 1. The van der Waals surface area contributed by atoms with Crippen molar-refractivity contribution in [1.82, 2.24) is 5.32 Å². The van der Waals surface area contributed by atoms with Gasteiger partial charge in [0.15, 0.2) is 0 Å². The van der Waals surface area contributed by atoms with Gasteiger partial charge in [0.05, 0.1) is 25.4 Å². The fraction of sp³-hybridized carbons (Fsp3) is 0.892. The van der Waals surface area contributed by atoms with Gasteiger partial charge < -0.3 is 20.3 Å². The molecule has 0 rings (SSSR count). The number of hydrogen-bond acceptors (Lipinski definition) is 5. The standard InChI is InChI=1S/C74H141NO5/c1-3-5-7-9-11-13-15-17-19-20-21-22-27-30-33-36-39-42-46-50-54-58-62-66-72(77)71(70-76)75-73(78)67-63-59-55-51-47-43-40-37-34-31-28-25-23-24-26-29-32-35-38-41-45-49-53-57-61-65-69-80-74(79)68-64-60-56-52-48-44-18-16-14-12-10-8-6-4-2/h10,12,16,18,23,25,71-72,76-77H,3-9,11,13-15,17,19-22,24,26-70H2,1-2H3,(H,75,78)/b12-10-,18-16-,25-23-. The number of unbranched alkanes of at least 4 members (excludes halogenated alkanes) is 51. The number of carbonyl (C=O) groups is 2. The molecule has 0 fully saturated rings. The van der Waals surface area contributed by atoms with E-state index in [0.29, 0.717) is 25.9 Å². The summed E-state index contributed by atoms with van der Waals surface area (Å²) in [5.41, 5.74) is 0. The predicted octanol–water partition coefficient (Wildman–Crippen LogP) is 23.5. The van der Waals surface area contributed by atoms with Gasteiger partial charge >= 0.3 is 5.97 Å². The first-order valence-electron chi connectivity index (χ1n) is 36.2. The Labute approximate surface area is 500 Å². The predicted molar refractivity (Wildman–Crippen MR) is 352 cm³/mol. The van der Waals surface area contributed by atoms with Gasteiger partial charge in [-0.15, -0.1) is 0 Å². The highest BCUT2D eigenvalue weighted by atomic mass is 16.5. The minimum Gasteiger partial charge on any atom is -0.466 e. The fourth-order valence-electron chi connectivity index (χ4n) is 11.4. The molecule has 0 saturated carbocycles. The largest absolute Gasteiger partial charge is 0.466 e. The smallest absolute Gasteiger partial charge is 0.305 e. The van der Waals surface area contributed by atoms with Gasteiger partial charge in [-0.25, -0.2) is 0 Å². The van der Waals surface area contributed by atoms with Gasteiger partial charge in [0, 0.05) is 12.8 Å². The Morgan fingerprint density at radius 1 is 0.350 bits per heavy atom. The lowest BCUT2D eigenvalue weighted by Gasteiger charge is -2.22. The average Bonchev–Trinajstić information content (AvgIpc) is 3.46. The molecule has 0 bridgehead atoms. The number of nitrogens with one attached hydrogen (secondary N) is 1. The van der Waals surface area contributed by atoms with Crippen molar-refractivity contribution in [2.75, 3.05) is 13.2 Å². The topological polar surface area (TPSA) is 95.9 Å². The van der Waals surface area contributed by atoms with Crippen LogP contribution < -0.4 is 5.32 Å². The van der Waals surface area contributed by atoms with E-state index in [1.54, 1.807) is 0 Å². The number of allylic oxidation sites excluding steroid dienone is 6. The number of aliphatic hydroxyl groups is 2. The molecule has 0 aromatic carbocycles. The molecule has 0 aromatic rings. The number of carbonyl (C=O) groups excluding carboxylic acids is 2. The van der Waals surface area contributed by atoms with Gasteiger partial charge in [0.2, 0.25) is 5.91 Å². The van der Waals surface area contributed by atoms with Crippen LogP contribution in [0.1, 0.15) is 399 Å². The van der Waals surface area contributed by atoms with Crippen molar-refractivity contribution in [3.8, 4) is 0 Å². The summed E-state index contributed by atoms with van der Waals surface area (Å²) < 4.78 is 5.48. The molecule has 0 saturated heterocycles. The summed E-state index contributed by atoms with van der Waals surface area (Å²) in [7, 11) is 0. The second kappa shape index (κ2) is 69.6. The van der Waals surface area contributed by atoms with Crippen LogP contribution >= 0.6 is 0 Å². The summed E-state index contributed by atoms with van der Waals surface area (Å²) in [5, 5.41) is 23.4. The molecule has 80 heavy (non-hydrogen) atoms. The van der Waals surface area contributed by atoms with Crippen molar-refractivity contribution in [1.29, 1.82) is 0 Å². The van der Waals surface area contributed by atoms with Crippen LogP contribution in [0, 0.1) is 0 Å². The fourth-order valence-corrected chi connectivity index (χ4v) is 11.4. The SMILES string of the molecule is CCCC/C=C\C/C=C\CCCCCCCC(=O)OCCCCCCCCCCCCCC/C=C\CCCCCCCCCCCCC(=O)NC(CO)C(O)CCCCCCCCCCCCCCCCCCCCCCCCC. The molecule has 0 spiro atoms. The van der Waals surface area contributed by atoms with Crippen molar-refractivity contribution < 1.29 is 24.5 Å². The zero-order valence-corrected chi connectivity index (χ0v) is 54.1. The normalized spacial score (nSPS) is 12.7. The number of rotatable bonds is 68. The quantitative estimate of drug-likeness (QED) is 0.0320. The van der Waals surface area contributed by atoms with E-state index in [4.69, 9.17) is 4.74 Å². The Bertz CT molecular complexity index is 1300. The van der Waals surface area contributed by atoms with E-state index in [2.05, 4.69) is 55.6 Å². The molecule has 0 aliphatic heterocycles. The molecule has 3 N–H and O–H groups in total. The van der Waals surface area contributed by atoms with Crippen LogP contribution in [0.5, 0.6) is 0 Å². The van der Waals surface area contributed by atoms with Crippen molar-refractivity contribution in [3.63, 3.8) is 0 Å². The number of hydrogen-bond donors (Lipinski definition) is 3. The lowest BCUT2D eigenvalue weighted by molar-refractivity contribution is -0.143. The first-order chi connectivity index (χ1) is 39.5. The van der Waals surface area contributed by atoms with Crippen molar-refractivity contribution in [3.05, 3.63) is 36.5 Å². The van der Waals surface area contributed by atoms with Gasteiger partial charge in [-0.1, -0.05) is 346 Å². The maximum atomic E-state index is 12.6. The Morgan fingerprint density at radius 2 is 0.637 bits per heavy atom.